The van der Waals surface area contributed by atoms with E-state index in [-0.39, 0.29) is 0 Å². The maximum Gasteiger partial charge on any atom is 0.316 e. The molecule has 0 unspecified atom stereocenters. The average molecular weight is 358 g/mol. The van der Waals surface area contributed by atoms with Crippen molar-refractivity contribution in [2.75, 3.05) is 14.2 Å². The molecule has 8 nitrogen and oxygen atoms in total. The Balaban J connectivity index is 1.66. The molecule has 0 aromatic carbocycles. The van der Waals surface area contributed by atoms with E-state index >= 15 is 0 Å². The van der Waals surface area contributed by atoms with Crippen molar-refractivity contribution < 1.29 is 9.47 Å². The van der Waals surface area contributed by atoms with Gasteiger partial charge in [0.2, 0.25) is 0 Å². The molecular formula is C14H10N6O2S2. The highest BCUT2D eigenvalue weighted by Gasteiger charge is 2.14. The number of ether oxygens (including phenoxy) is 2. The van der Waals surface area contributed by atoms with E-state index < -0.39 is 0 Å². The minimum Gasteiger partial charge on any atom is -0.467 e. The van der Waals surface area contributed by atoms with Gasteiger partial charge in [-0.05, 0) is 0 Å². The molecule has 0 amide bonds. The Morgan fingerprint density at radius 2 is 1.04 bits per heavy atom. The van der Waals surface area contributed by atoms with Crippen LogP contribution in [0.5, 0.6) is 12.0 Å². The highest BCUT2D eigenvalue weighted by molar-refractivity contribution is 7.29. The van der Waals surface area contributed by atoms with Gasteiger partial charge in [0.1, 0.15) is 10.0 Å². The zero-order valence-electron chi connectivity index (χ0n) is 12.6. The average Bonchev–Trinajstić information content (AvgIpc) is 3.21. The predicted molar refractivity (Wildman–Crippen MR) is 90.4 cm³/mol. The number of fused-ring (bicyclic) bond motifs is 1. The Labute approximate surface area is 144 Å². The number of rotatable bonds is 4. The van der Waals surface area contributed by atoms with Crippen LogP contribution in [0.1, 0.15) is 0 Å². The summed E-state index contributed by atoms with van der Waals surface area (Å²) < 4.78 is 9.92. The van der Waals surface area contributed by atoms with Gasteiger partial charge in [0, 0.05) is 35.9 Å². The normalized spacial score (nSPS) is 10.9. The Hall–Kier alpha value is -2.72. The van der Waals surface area contributed by atoms with Crippen LogP contribution < -0.4 is 9.47 Å². The molecule has 4 rings (SSSR count). The second kappa shape index (κ2) is 6.06. The van der Waals surface area contributed by atoms with Crippen LogP contribution in [0.4, 0.5) is 0 Å². The van der Waals surface area contributed by atoms with Gasteiger partial charge >= 0.3 is 12.0 Å². The number of methoxy groups -OCH3 is 2. The van der Waals surface area contributed by atoms with Gasteiger partial charge in [0.05, 0.1) is 14.2 Å². The van der Waals surface area contributed by atoms with Crippen LogP contribution in [0, 0.1) is 0 Å². The number of aromatic nitrogens is 6. The Kier molecular flexibility index (Phi) is 3.75. The van der Waals surface area contributed by atoms with Gasteiger partial charge in [-0.1, -0.05) is 22.7 Å². The summed E-state index contributed by atoms with van der Waals surface area (Å²) in [5.74, 6) is 0. The standard InChI is InChI=1S/C14H10N6O2S2/c1-21-13-15-3-7(4-16-13)9-19-11-12(23-9)20-10(24-11)8-5-17-14(22-2)18-6-8/h3-6H,1-2H3. The molecule has 0 aliphatic carbocycles. The lowest BCUT2D eigenvalue weighted by Crippen LogP contribution is -1.91. The lowest BCUT2D eigenvalue weighted by molar-refractivity contribution is 0.379. The second-order valence-corrected chi connectivity index (χ2v) is 6.52. The van der Waals surface area contributed by atoms with E-state index in [4.69, 9.17) is 9.47 Å². The molecule has 24 heavy (non-hydrogen) atoms. The first-order valence-electron chi connectivity index (χ1n) is 6.77. The molecule has 0 saturated carbocycles. The maximum atomic E-state index is 4.96. The van der Waals surface area contributed by atoms with Crippen LogP contribution in [0.2, 0.25) is 0 Å². The first kappa shape index (κ1) is 14.8. The van der Waals surface area contributed by atoms with Crippen molar-refractivity contribution in [1.29, 1.82) is 0 Å². The number of thiazole rings is 2. The van der Waals surface area contributed by atoms with Crippen LogP contribution >= 0.6 is 22.7 Å². The largest absolute Gasteiger partial charge is 0.467 e. The molecule has 120 valence electrons. The van der Waals surface area contributed by atoms with Crippen LogP contribution in [-0.4, -0.2) is 44.1 Å². The van der Waals surface area contributed by atoms with Gasteiger partial charge in [-0.2, -0.15) is 0 Å². The fourth-order valence-electron chi connectivity index (χ4n) is 1.95. The van der Waals surface area contributed by atoms with Crippen molar-refractivity contribution in [3.8, 4) is 33.2 Å². The van der Waals surface area contributed by atoms with Crippen LogP contribution in [0.3, 0.4) is 0 Å². The number of hydrogen-bond donors (Lipinski definition) is 0. The summed E-state index contributed by atoms with van der Waals surface area (Å²) in [6.45, 7) is 0. The van der Waals surface area contributed by atoms with Gasteiger partial charge in [-0.3, -0.25) is 0 Å². The molecule has 0 N–H and O–H groups in total. The third-order valence-corrected chi connectivity index (χ3v) is 5.22. The lowest BCUT2D eigenvalue weighted by Gasteiger charge is -1.98. The van der Waals surface area contributed by atoms with Gasteiger partial charge in [-0.25, -0.2) is 29.9 Å². The van der Waals surface area contributed by atoms with E-state index in [9.17, 15) is 0 Å². The SMILES string of the molecule is COc1ncc(-c2nc3sc(-c4cnc(OC)nc4)nc3s2)cn1. The van der Waals surface area contributed by atoms with E-state index in [1.54, 1.807) is 24.8 Å². The van der Waals surface area contributed by atoms with Crippen molar-refractivity contribution in [2.45, 2.75) is 0 Å². The molecular weight excluding hydrogens is 348 g/mol. The van der Waals surface area contributed by atoms with E-state index in [0.717, 1.165) is 30.8 Å². The van der Waals surface area contributed by atoms with Crippen LogP contribution in [0.15, 0.2) is 24.8 Å². The fraction of sp³-hybridized carbons (Fsp3) is 0.143. The van der Waals surface area contributed by atoms with E-state index in [1.165, 1.54) is 36.9 Å². The summed E-state index contributed by atoms with van der Waals surface area (Å²) in [6.07, 6.45) is 6.75. The van der Waals surface area contributed by atoms with Gasteiger partial charge in [0.25, 0.3) is 0 Å². The minimum atomic E-state index is 0.331. The van der Waals surface area contributed by atoms with Gasteiger partial charge in [-0.15, -0.1) is 0 Å². The first-order chi connectivity index (χ1) is 11.8. The van der Waals surface area contributed by atoms with Crippen molar-refractivity contribution in [3.63, 3.8) is 0 Å². The molecule has 10 heteroatoms. The summed E-state index contributed by atoms with van der Waals surface area (Å²) in [4.78, 5) is 27.3. The van der Waals surface area contributed by atoms with Crippen molar-refractivity contribution in [3.05, 3.63) is 24.8 Å². The Morgan fingerprint density at radius 1 is 0.667 bits per heavy atom. The van der Waals surface area contributed by atoms with E-state index in [0.29, 0.717) is 12.0 Å². The summed E-state index contributed by atoms with van der Waals surface area (Å²) >= 11 is 2.98. The molecule has 0 saturated heterocycles. The molecule has 4 heterocycles. The third-order valence-electron chi connectivity index (χ3n) is 3.09. The summed E-state index contributed by atoms with van der Waals surface area (Å²) in [5.41, 5.74) is 1.67. The van der Waals surface area contributed by atoms with E-state index in [1.807, 2.05) is 0 Å². The molecule has 4 aromatic rings. The van der Waals surface area contributed by atoms with Crippen molar-refractivity contribution in [1.82, 2.24) is 29.9 Å². The lowest BCUT2D eigenvalue weighted by atomic mass is 10.4. The van der Waals surface area contributed by atoms with Crippen LogP contribution in [-0.2, 0) is 0 Å². The maximum absolute atomic E-state index is 4.96. The summed E-state index contributed by atoms with van der Waals surface area (Å²) in [6, 6.07) is 0.661. The number of hydrogen-bond acceptors (Lipinski definition) is 10. The highest BCUT2D eigenvalue weighted by Crippen LogP contribution is 2.36. The Morgan fingerprint density at radius 3 is 1.38 bits per heavy atom. The molecule has 0 bridgehead atoms. The quantitative estimate of drug-likeness (QED) is 0.549. The molecule has 0 atom stereocenters. The predicted octanol–water partition coefficient (Wildman–Crippen LogP) is 2.68. The molecule has 4 aromatic heterocycles. The number of nitrogens with zero attached hydrogens (tertiary/aromatic N) is 6. The topological polar surface area (TPSA) is 95.8 Å². The smallest absolute Gasteiger partial charge is 0.316 e. The zero-order valence-corrected chi connectivity index (χ0v) is 14.3. The zero-order chi connectivity index (χ0) is 16.5. The first-order valence-corrected chi connectivity index (χ1v) is 8.40. The van der Waals surface area contributed by atoms with Gasteiger partial charge in [0.15, 0.2) is 9.66 Å². The second-order valence-electron chi connectivity index (χ2n) is 4.57. The van der Waals surface area contributed by atoms with Gasteiger partial charge < -0.3 is 9.47 Å². The molecule has 0 fully saturated rings. The fourth-order valence-corrected chi connectivity index (χ4v) is 3.94. The van der Waals surface area contributed by atoms with E-state index in [2.05, 4.69) is 29.9 Å². The minimum absolute atomic E-state index is 0.331. The summed E-state index contributed by atoms with van der Waals surface area (Å²) in [7, 11) is 3.06. The Bertz CT molecular complexity index is 872. The monoisotopic (exact) mass is 358 g/mol. The highest BCUT2D eigenvalue weighted by atomic mass is 32.1. The molecule has 0 spiro atoms. The molecule has 0 aliphatic rings. The summed E-state index contributed by atoms with van der Waals surface area (Å²) in [5, 5.41) is 1.65. The van der Waals surface area contributed by atoms with Crippen molar-refractivity contribution in [2.24, 2.45) is 0 Å². The van der Waals surface area contributed by atoms with Crippen LogP contribution in [0.25, 0.3) is 30.8 Å². The third kappa shape index (κ3) is 2.65. The molecule has 0 radical (unpaired) electrons. The van der Waals surface area contributed by atoms with Crippen molar-refractivity contribution >= 4 is 32.3 Å². The molecule has 0 aliphatic heterocycles.